The van der Waals surface area contributed by atoms with Gasteiger partial charge in [0.15, 0.2) is 5.11 Å². The Bertz CT molecular complexity index is 476. The van der Waals surface area contributed by atoms with Gasteiger partial charge in [0.05, 0.1) is 12.2 Å². The van der Waals surface area contributed by atoms with Crippen molar-refractivity contribution in [2.24, 2.45) is 0 Å². The van der Waals surface area contributed by atoms with E-state index in [9.17, 15) is 0 Å². The molecule has 0 spiro atoms. The summed E-state index contributed by atoms with van der Waals surface area (Å²) in [5.74, 6) is 0. The maximum absolute atomic E-state index is 5.19. The van der Waals surface area contributed by atoms with Gasteiger partial charge in [0.1, 0.15) is 0 Å². The topological polar surface area (TPSA) is 52.7 Å². The number of nitrogens with zero attached hydrogens (tertiary/aromatic N) is 1. The number of hydrogen-bond donors (Lipinski definition) is 3. The number of aryl methyl sites for hydroxylation is 1. The molecule has 0 atom stereocenters. The van der Waals surface area contributed by atoms with E-state index >= 15 is 0 Å². The van der Waals surface area contributed by atoms with Gasteiger partial charge in [-0.3, -0.25) is 5.10 Å². The minimum absolute atomic E-state index is 0.600. The van der Waals surface area contributed by atoms with Gasteiger partial charge >= 0.3 is 0 Å². The number of hydrogen-bond acceptors (Lipinski definition) is 2. The summed E-state index contributed by atoms with van der Waals surface area (Å²) in [5.41, 5.74) is 3.21. The Morgan fingerprint density at radius 1 is 1.29 bits per heavy atom. The molecule has 0 radical (unpaired) electrons. The molecule has 2 aromatic rings. The van der Waals surface area contributed by atoms with Crippen molar-refractivity contribution >= 4 is 23.0 Å². The van der Waals surface area contributed by atoms with E-state index < -0.39 is 0 Å². The van der Waals surface area contributed by atoms with Crippen molar-refractivity contribution in [3.63, 3.8) is 0 Å². The van der Waals surface area contributed by atoms with Crippen LogP contribution in [-0.4, -0.2) is 15.3 Å². The first-order valence-electron chi connectivity index (χ1n) is 5.34. The van der Waals surface area contributed by atoms with Gasteiger partial charge in [0.2, 0.25) is 0 Å². The molecule has 0 amide bonds. The van der Waals surface area contributed by atoms with Crippen molar-refractivity contribution in [2.75, 3.05) is 5.32 Å². The zero-order valence-corrected chi connectivity index (χ0v) is 10.3. The molecule has 88 valence electrons. The van der Waals surface area contributed by atoms with Gasteiger partial charge in [-0.15, -0.1) is 0 Å². The largest absolute Gasteiger partial charge is 0.357 e. The Kier molecular flexibility index (Phi) is 3.72. The van der Waals surface area contributed by atoms with E-state index in [4.69, 9.17) is 12.2 Å². The third-order valence-corrected chi connectivity index (χ3v) is 2.55. The summed E-state index contributed by atoms with van der Waals surface area (Å²) in [6.07, 6.45) is 1.72. The summed E-state index contributed by atoms with van der Waals surface area (Å²) >= 11 is 5.19. The predicted molar refractivity (Wildman–Crippen MR) is 72.8 cm³/mol. The van der Waals surface area contributed by atoms with Crippen molar-refractivity contribution in [2.45, 2.75) is 13.5 Å². The molecule has 0 aliphatic carbocycles. The molecular formula is C12H14N4S. The first kappa shape index (κ1) is 11.6. The summed E-state index contributed by atoms with van der Waals surface area (Å²) in [4.78, 5) is 0. The quantitative estimate of drug-likeness (QED) is 0.727. The van der Waals surface area contributed by atoms with Crippen LogP contribution < -0.4 is 10.6 Å². The normalized spacial score (nSPS) is 9.94. The van der Waals surface area contributed by atoms with E-state index in [1.165, 1.54) is 5.56 Å². The van der Waals surface area contributed by atoms with Crippen LogP contribution in [-0.2, 0) is 6.54 Å². The lowest BCUT2D eigenvalue weighted by atomic mass is 10.2. The number of aromatic nitrogens is 2. The van der Waals surface area contributed by atoms with E-state index in [0.717, 1.165) is 11.4 Å². The zero-order chi connectivity index (χ0) is 12.1. The lowest BCUT2D eigenvalue weighted by molar-refractivity contribution is 0.865. The average molecular weight is 246 g/mol. The molecule has 0 fully saturated rings. The highest BCUT2D eigenvalue weighted by atomic mass is 32.1. The van der Waals surface area contributed by atoms with Gasteiger partial charge < -0.3 is 10.6 Å². The SMILES string of the molecule is Cc1ccc(NC(=S)NCc2ccn[nH]2)cc1. The molecule has 0 saturated heterocycles. The van der Waals surface area contributed by atoms with Gasteiger partial charge in [-0.1, -0.05) is 17.7 Å². The highest BCUT2D eigenvalue weighted by molar-refractivity contribution is 7.80. The van der Waals surface area contributed by atoms with Gasteiger partial charge in [-0.25, -0.2) is 0 Å². The molecule has 5 heteroatoms. The molecule has 0 bridgehead atoms. The summed E-state index contributed by atoms with van der Waals surface area (Å²) in [6.45, 7) is 2.69. The Morgan fingerprint density at radius 3 is 2.71 bits per heavy atom. The molecule has 1 aromatic heterocycles. The predicted octanol–water partition coefficient (Wildman–Crippen LogP) is 2.20. The molecule has 3 N–H and O–H groups in total. The number of aromatic amines is 1. The molecule has 0 saturated carbocycles. The molecule has 0 aliphatic heterocycles. The highest BCUT2D eigenvalue weighted by Crippen LogP contribution is 2.08. The van der Waals surface area contributed by atoms with Crippen molar-refractivity contribution in [3.05, 3.63) is 47.8 Å². The van der Waals surface area contributed by atoms with E-state index in [1.54, 1.807) is 6.20 Å². The van der Waals surface area contributed by atoms with E-state index in [2.05, 4.69) is 27.8 Å². The number of H-pyrrole nitrogens is 1. The summed E-state index contributed by atoms with van der Waals surface area (Å²) in [7, 11) is 0. The van der Waals surface area contributed by atoms with Crippen LogP contribution >= 0.6 is 12.2 Å². The number of thiocarbonyl (C=S) groups is 1. The van der Waals surface area contributed by atoms with Crippen LogP contribution in [0.2, 0.25) is 0 Å². The van der Waals surface area contributed by atoms with Crippen LogP contribution in [0.4, 0.5) is 5.69 Å². The van der Waals surface area contributed by atoms with E-state index in [1.807, 2.05) is 30.3 Å². The number of anilines is 1. The Balaban J connectivity index is 1.83. The second-order valence-corrected chi connectivity index (χ2v) is 4.16. The van der Waals surface area contributed by atoms with Crippen LogP contribution in [0.25, 0.3) is 0 Å². The molecular weight excluding hydrogens is 232 g/mol. The number of benzene rings is 1. The smallest absolute Gasteiger partial charge is 0.171 e. The molecule has 4 nitrogen and oxygen atoms in total. The second-order valence-electron chi connectivity index (χ2n) is 3.76. The van der Waals surface area contributed by atoms with Gasteiger partial charge in [0.25, 0.3) is 0 Å². The fraction of sp³-hybridized carbons (Fsp3) is 0.167. The standard InChI is InChI=1S/C12H14N4S/c1-9-2-4-10(5-3-9)15-12(17)13-8-11-6-7-14-16-11/h2-7H,8H2,1H3,(H,14,16)(H2,13,15,17). The van der Waals surface area contributed by atoms with Crippen LogP contribution in [0.3, 0.4) is 0 Å². The number of nitrogens with one attached hydrogen (secondary N) is 3. The molecule has 0 unspecified atom stereocenters. The third kappa shape index (κ3) is 3.57. The van der Waals surface area contributed by atoms with E-state index in [-0.39, 0.29) is 0 Å². The molecule has 1 heterocycles. The minimum Gasteiger partial charge on any atom is -0.357 e. The Hall–Kier alpha value is -1.88. The van der Waals surface area contributed by atoms with Crippen molar-refractivity contribution in [3.8, 4) is 0 Å². The van der Waals surface area contributed by atoms with Crippen molar-refractivity contribution in [1.82, 2.24) is 15.5 Å². The molecule has 0 aliphatic rings. The maximum atomic E-state index is 5.19. The molecule has 1 aromatic carbocycles. The van der Waals surface area contributed by atoms with E-state index in [0.29, 0.717) is 11.7 Å². The first-order valence-corrected chi connectivity index (χ1v) is 5.74. The molecule has 2 rings (SSSR count). The number of rotatable bonds is 3. The minimum atomic E-state index is 0.600. The van der Waals surface area contributed by atoms with Crippen LogP contribution in [0, 0.1) is 6.92 Å². The fourth-order valence-corrected chi connectivity index (χ4v) is 1.56. The molecule has 17 heavy (non-hydrogen) atoms. The summed E-state index contributed by atoms with van der Waals surface area (Å²) < 4.78 is 0. The maximum Gasteiger partial charge on any atom is 0.171 e. The third-order valence-electron chi connectivity index (χ3n) is 2.31. The van der Waals surface area contributed by atoms with Crippen molar-refractivity contribution in [1.29, 1.82) is 0 Å². The second kappa shape index (κ2) is 5.45. The lowest BCUT2D eigenvalue weighted by Crippen LogP contribution is -2.27. The zero-order valence-electron chi connectivity index (χ0n) is 9.53. The van der Waals surface area contributed by atoms with Crippen LogP contribution in [0.5, 0.6) is 0 Å². The lowest BCUT2D eigenvalue weighted by Gasteiger charge is -2.09. The summed E-state index contributed by atoms with van der Waals surface area (Å²) in [6, 6.07) is 9.99. The van der Waals surface area contributed by atoms with Gasteiger partial charge in [0, 0.05) is 11.9 Å². The van der Waals surface area contributed by atoms with Crippen molar-refractivity contribution < 1.29 is 0 Å². The van der Waals surface area contributed by atoms with Crippen LogP contribution in [0.15, 0.2) is 36.5 Å². The summed E-state index contributed by atoms with van der Waals surface area (Å²) in [5, 5.41) is 13.5. The van der Waals surface area contributed by atoms with Gasteiger partial charge in [-0.05, 0) is 37.3 Å². The Labute approximate surface area is 105 Å². The monoisotopic (exact) mass is 246 g/mol. The fourth-order valence-electron chi connectivity index (χ4n) is 1.37. The van der Waals surface area contributed by atoms with Crippen LogP contribution in [0.1, 0.15) is 11.3 Å². The average Bonchev–Trinajstić information content (AvgIpc) is 2.83. The highest BCUT2D eigenvalue weighted by Gasteiger charge is 1.98. The first-order chi connectivity index (χ1) is 8.24. The Morgan fingerprint density at radius 2 is 2.06 bits per heavy atom. The van der Waals surface area contributed by atoms with Gasteiger partial charge in [-0.2, -0.15) is 5.10 Å².